The van der Waals surface area contributed by atoms with Crippen molar-refractivity contribution in [3.05, 3.63) is 71.9 Å². The van der Waals surface area contributed by atoms with Gasteiger partial charge in [0.1, 0.15) is 0 Å². The monoisotopic (exact) mass is 480 g/mol. The van der Waals surface area contributed by atoms with Gasteiger partial charge < -0.3 is 9.80 Å². The molecule has 1 aromatic heterocycles. The molecule has 0 amide bonds. The van der Waals surface area contributed by atoms with E-state index in [1.807, 2.05) is 73.6 Å². The molecule has 4 aromatic rings. The summed E-state index contributed by atoms with van der Waals surface area (Å²) in [5.41, 5.74) is 2.89. The van der Waals surface area contributed by atoms with Crippen LogP contribution in [0, 0.1) is 0 Å². The smallest absolute Gasteiger partial charge is 0.243 e. The maximum Gasteiger partial charge on any atom is 0.243 e. The Balaban J connectivity index is 1.44. The molecule has 1 aliphatic heterocycles. The van der Waals surface area contributed by atoms with Crippen molar-refractivity contribution >= 4 is 54.7 Å². The summed E-state index contributed by atoms with van der Waals surface area (Å²) in [6.07, 6.45) is 1.77. The number of hydrogen-bond donors (Lipinski definition) is 0. The molecular formula is C25H25ClN4O2S. The minimum absolute atomic E-state index is 0.362. The molecule has 1 aliphatic rings. The number of anilines is 2. The van der Waals surface area contributed by atoms with Crippen molar-refractivity contribution in [2.45, 2.75) is 4.90 Å². The van der Waals surface area contributed by atoms with Gasteiger partial charge in [-0.05, 0) is 36.4 Å². The average molecular weight is 481 g/mol. The van der Waals surface area contributed by atoms with Gasteiger partial charge in [0, 0.05) is 79.0 Å². The molecule has 0 radical (unpaired) electrons. The second kappa shape index (κ2) is 8.48. The number of piperazine rings is 1. The summed E-state index contributed by atoms with van der Waals surface area (Å²) in [5.74, 6) is 0. The van der Waals surface area contributed by atoms with E-state index in [1.165, 1.54) is 0 Å². The van der Waals surface area contributed by atoms with E-state index in [9.17, 15) is 8.42 Å². The summed E-state index contributed by atoms with van der Waals surface area (Å²) in [6.45, 7) is 2.05. The van der Waals surface area contributed by atoms with Crippen LogP contribution in [-0.2, 0) is 10.0 Å². The molecule has 0 unspecified atom stereocenters. The number of sulfonamides is 1. The first-order valence-electron chi connectivity index (χ1n) is 10.8. The largest absolute Gasteiger partial charge is 0.377 e. The number of rotatable bonds is 4. The van der Waals surface area contributed by atoms with Crippen molar-refractivity contribution in [2.75, 3.05) is 50.1 Å². The fraction of sp³-hybridized carbons (Fsp3) is 0.240. The van der Waals surface area contributed by atoms with Gasteiger partial charge in [-0.2, -0.15) is 4.31 Å². The van der Waals surface area contributed by atoms with Crippen molar-refractivity contribution in [1.29, 1.82) is 0 Å². The Labute approximate surface area is 199 Å². The van der Waals surface area contributed by atoms with Gasteiger partial charge in [0.15, 0.2) is 0 Å². The molecule has 170 valence electrons. The molecule has 0 spiro atoms. The van der Waals surface area contributed by atoms with Crippen LogP contribution in [0.1, 0.15) is 0 Å². The normalized spacial score (nSPS) is 15.3. The van der Waals surface area contributed by atoms with E-state index < -0.39 is 10.0 Å². The van der Waals surface area contributed by atoms with Gasteiger partial charge in [0.05, 0.1) is 10.4 Å². The lowest BCUT2D eigenvalue weighted by Crippen LogP contribution is -2.48. The Kier molecular flexibility index (Phi) is 5.64. The molecule has 1 saturated heterocycles. The highest BCUT2D eigenvalue weighted by atomic mass is 35.5. The third-order valence-corrected chi connectivity index (χ3v) is 8.41. The molecule has 0 saturated carbocycles. The number of hydrogen-bond acceptors (Lipinski definition) is 5. The summed E-state index contributed by atoms with van der Waals surface area (Å²) in [7, 11) is 0.302. The molecule has 0 aliphatic carbocycles. The van der Waals surface area contributed by atoms with Crippen molar-refractivity contribution in [3.63, 3.8) is 0 Å². The van der Waals surface area contributed by atoms with Crippen LogP contribution in [0.3, 0.4) is 0 Å². The van der Waals surface area contributed by atoms with Gasteiger partial charge in [-0.25, -0.2) is 8.42 Å². The molecule has 0 atom stereocenters. The number of pyridine rings is 1. The lowest BCUT2D eigenvalue weighted by atomic mass is 10.1. The fourth-order valence-electron chi connectivity index (χ4n) is 4.57. The fourth-order valence-corrected chi connectivity index (χ4v) is 6.36. The summed E-state index contributed by atoms with van der Waals surface area (Å²) in [5, 5.41) is 3.35. The van der Waals surface area contributed by atoms with Gasteiger partial charge in [-0.3, -0.25) is 4.98 Å². The highest BCUT2D eigenvalue weighted by Gasteiger charge is 2.30. The lowest BCUT2D eigenvalue weighted by molar-refractivity contribution is 0.385. The van der Waals surface area contributed by atoms with E-state index in [0.29, 0.717) is 36.1 Å². The first kappa shape index (κ1) is 21.9. The second-order valence-corrected chi connectivity index (χ2v) is 10.7. The SMILES string of the molecule is CN(C)c1cccc2c(S(=O)(=O)N3CCN(c4ccnc5cc(Cl)ccc45)CC3)cccc12. The lowest BCUT2D eigenvalue weighted by Gasteiger charge is -2.36. The van der Waals surface area contributed by atoms with E-state index >= 15 is 0 Å². The van der Waals surface area contributed by atoms with Crippen LogP contribution in [0.5, 0.6) is 0 Å². The number of benzene rings is 3. The van der Waals surface area contributed by atoms with Crippen molar-refractivity contribution in [1.82, 2.24) is 9.29 Å². The number of aromatic nitrogens is 1. The van der Waals surface area contributed by atoms with Crippen LogP contribution in [0.25, 0.3) is 21.7 Å². The summed E-state index contributed by atoms with van der Waals surface area (Å²) in [4.78, 5) is 9.00. The molecule has 5 rings (SSSR count). The zero-order valence-corrected chi connectivity index (χ0v) is 20.1. The topological polar surface area (TPSA) is 56.8 Å². The molecule has 1 fully saturated rings. The maximum atomic E-state index is 13.6. The third-order valence-electron chi connectivity index (χ3n) is 6.22. The van der Waals surface area contributed by atoms with E-state index in [2.05, 4.69) is 9.88 Å². The Morgan fingerprint density at radius 3 is 2.36 bits per heavy atom. The summed E-state index contributed by atoms with van der Waals surface area (Å²) >= 11 is 6.12. The quantitative estimate of drug-likeness (QED) is 0.426. The minimum Gasteiger partial charge on any atom is -0.377 e. The van der Waals surface area contributed by atoms with E-state index in [-0.39, 0.29) is 0 Å². The zero-order chi connectivity index (χ0) is 23.2. The third kappa shape index (κ3) is 3.90. The second-order valence-electron chi connectivity index (χ2n) is 8.41. The van der Waals surface area contributed by atoms with Crippen LogP contribution in [0.4, 0.5) is 11.4 Å². The van der Waals surface area contributed by atoms with Gasteiger partial charge in [0.2, 0.25) is 10.0 Å². The van der Waals surface area contributed by atoms with E-state index in [0.717, 1.165) is 33.1 Å². The number of halogens is 1. The Bertz CT molecular complexity index is 1450. The summed E-state index contributed by atoms with van der Waals surface area (Å²) in [6, 6.07) is 19.0. The standard InChI is InChI=1S/C25H25ClN4O2S/c1-28(2)23-7-3-6-20-19(23)5-4-8-25(20)33(31,32)30-15-13-29(14-16-30)24-11-12-27-22-17-18(26)9-10-21(22)24/h3-12,17H,13-16H2,1-2H3. The molecule has 0 N–H and O–H groups in total. The summed E-state index contributed by atoms with van der Waals surface area (Å²) < 4.78 is 28.9. The van der Waals surface area contributed by atoms with Crippen molar-refractivity contribution in [2.24, 2.45) is 0 Å². The molecule has 6 nitrogen and oxygen atoms in total. The molecule has 33 heavy (non-hydrogen) atoms. The zero-order valence-electron chi connectivity index (χ0n) is 18.6. The molecule has 0 bridgehead atoms. The molecule has 2 heterocycles. The predicted octanol–water partition coefficient (Wildman–Crippen LogP) is 4.62. The number of nitrogens with zero attached hydrogens (tertiary/aromatic N) is 4. The Hall–Kier alpha value is -2.87. The minimum atomic E-state index is -3.63. The predicted molar refractivity (Wildman–Crippen MR) is 136 cm³/mol. The van der Waals surface area contributed by atoms with Crippen molar-refractivity contribution < 1.29 is 8.42 Å². The highest BCUT2D eigenvalue weighted by molar-refractivity contribution is 7.89. The van der Waals surface area contributed by atoms with Crippen LogP contribution in [0.15, 0.2) is 71.8 Å². The molecular weight excluding hydrogens is 456 g/mol. The molecule has 8 heteroatoms. The highest BCUT2D eigenvalue weighted by Crippen LogP contribution is 2.33. The van der Waals surface area contributed by atoms with Crippen LogP contribution >= 0.6 is 11.6 Å². The van der Waals surface area contributed by atoms with Crippen LogP contribution in [-0.4, -0.2) is 58.0 Å². The maximum absolute atomic E-state index is 13.6. The van der Waals surface area contributed by atoms with E-state index in [1.54, 1.807) is 16.6 Å². The van der Waals surface area contributed by atoms with Gasteiger partial charge >= 0.3 is 0 Å². The van der Waals surface area contributed by atoms with Gasteiger partial charge in [-0.15, -0.1) is 0 Å². The van der Waals surface area contributed by atoms with Gasteiger partial charge in [0.25, 0.3) is 0 Å². The number of fused-ring (bicyclic) bond motifs is 2. The average Bonchev–Trinajstić information content (AvgIpc) is 2.82. The van der Waals surface area contributed by atoms with Crippen LogP contribution < -0.4 is 9.80 Å². The Morgan fingerprint density at radius 1 is 0.879 bits per heavy atom. The van der Waals surface area contributed by atoms with Gasteiger partial charge in [-0.1, -0.05) is 35.9 Å². The van der Waals surface area contributed by atoms with Crippen molar-refractivity contribution in [3.8, 4) is 0 Å². The van der Waals surface area contributed by atoms with Crippen LogP contribution in [0.2, 0.25) is 5.02 Å². The first-order chi connectivity index (χ1) is 15.9. The Morgan fingerprint density at radius 2 is 1.61 bits per heavy atom. The molecule has 3 aromatic carbocycles. The van der Waals surface area contributed by atoms with E-state index in [4.69, 9.17) is 11.6 Å². The first-order valence-corrected chi connectivity index (χ1v) is 12.7.